The third-order valence-corrected chi connectivity index (χ3v) is 4.46. The van der Waals surface area contributed by atoms with Crippen molar-refractivity contribution in [2.24, 2.45) is 5.92 Å². The number of carbonyl (C=O) groups is 1. The lowest BCUT2D eigenvalue weighted by Crippen LogP contribution is -2.38. The number of amides is 1. The molecule has 124 valence electrons. The van der Waals surface area contributed by atoms with Crippen LogP contribution in [0.5, 0.6) is 5.75 Å². The van der Waals surface area contributed by atoms with E-state index >= 15 is 0 Å². The molecule has 0 aliphatic carbocycles. The van der Waals surface area contributed by atoms with Crippen LogP contribution in [0.3, 0.4) is 0 Å². The quantitative estimate of drug-likeness (QED) is 0.849. The molecule has 3 rings (SSSR count). The number of methoxy groups -OCH3 is 1. The largest absolute Gasteiger partial charge is 0.497 e. The summed E-state index contributed by atoms with van der Waals surface area (Å²) in [5.41, 5.74) is 1.89. The Labute approximate surface area is 136 Å². The molecule has 1 fully saturated rings. The summed E-state index contributed by atoms with van der Waals surface area (Å²) in [6.07, 6.45) is 1.68. The van der Waals surface area contributed by atoms with E-state index < -0.39 is 0 Å². The number of hydrogen-bond acceptors (Lipinski definition) is 4. The minimum Gasteiger partial charge on any atom is -0.497 e. The van der Waals surface area contributed by atoms with E-state index in [9.17, 15) is 4.79 Å². The number of nitrogens with one attached hydrogen (secondary N) is 2. The van der Waals surface area contributed by atoms with Crippen LogP contribution >= 0.6 is 0 Å². The smallest absolute Gasteiger partial charge is 0.227 e. The van der Waals surface area contributed by atoms with Crippen molar-refractivity contribution < 1.29 is 9.53 Å². The van der Waals surface area contributed by atoms with E-state index in [1.54, 1.807) is 7.11 Å². The number of imidazole rings is 1. The molecule has 23 heavy (non-hydrogen) atoms. The summed E-state index contributed by atoms with van der Waals surface area (Å²) in [7, 11) is 1.65. The van der Waals surface area contributed by atoms with Crippen molar-refractivity contribution in [3.05, 3.63) is 24.0 Å². The SMILES string of the molecule is CCN(CCc1nc2ccc(OC)cc2[nH]1)C(=O)C1CCNC1. The van der Waals surface area contributed by atoms with Crippen LogP contribution in [0.1, 0.15) is 19.2 Å². The molecule has 6 nitrogen and oxygen atoms in total. The summed E-state index contributed by atoms with van der Waals surface area (Å²) in [6, 6.07) is 5.79. The molecule has 0 radical (unpaired) electrons. The molecule has 6 heteroatoms. The molecule has 0 bridgehead atoms. The van der Waals surface area contributed by atoms with Crippen LogP contribution in [0.2, 0.25) is 0 Å². The maximum Gasteiger partial charge on any atom is 0.227 e. The van der Waals surface area contributed by atoms with Crippen molar-refractivity contribution in [3.8, 4) is 5.75 Å². The highest BCUT2D eigenvalue weighted by Crippen LogP contribution is 2.19. The zero-order valence-electron chi connectivity index (χ0n) is 13.8. The highest BCUT2D eigenvalue weighted by molar-refractivity contribution is 5.79. The van der Waals surface area contributed by atoms with Crippen molar-refractivity contribution in [2.45, 2.75) is 19.8 Å². The molecule has 2 aromatic rings. The molecule has 1 aromatic heterocycles. The van der Waals surface area contributed by atoms with E-state index in [-0.39, 0.29) is 11.8 Å². The summed E-state index contributed by atoms with van der Waals surface area (Å²) < 4.78 is 5.23. The first-order valence-corrected chi connectivity index (χ1v) is 8.23. The number of carbonyl (C=O) groups excluding carboxylic acids is 1. The van der Waals surface area contributed by atoms with Crippen molar-refractivity contribution in [3.63, 3.8) is 0 Å². The van der Waals surface area contributed by atoms with Crippen LogP contribution in [-0.2, 0) is 11.2 Å². The van der Waals surface area contributed by atoms with Gasteiger partial charge in [0.2, 0.25) is 5.91 Å². The standard InChI is InChI=1S/C17H24N4O2/c1-3-21(17(22)12-6-8-18-11-12)9-7-16-19-14-5-4-13(23-2)10-15(14)20-16/h4-5,10,12,18H,3,6-9,11H2,1-2H3,(H,19,20). The number of ether oxygens (including phenoxy) is 1. The number of benzene rings is 1. The average molecular weight is 316 g/mol. The van der Waals surface area contributed by atoms with Crippen molar-refractivity contribution in [1.82, 2.24) is 20.2 Å². The number of likely N-dealkylation sites (N-methyl/N-ethyl adjacent to an activating group) is 1. The van der Waals surface area contributed by atoms with E-state index in [2.05, 4.69) is 15.3 Å². The number of H-pyrrole nitrogens is 1. The van der Waals surface area contributed by atoms with Crippen molar-refractivity contribution in [2.75, 3.05) is 33.3 Å². The molecule has 1 saturated heterocycles. The second-order valence-electron chi connectivity index (χ2n) is 5.92. The Morgan fingerprint density at radius 1 is 1.48 bits per heavy atom. The van der Waals surface area contributed by atoms with Crippen LogP contribution in [-0.4, -0.2) is 54.1 Å². The van der Waals surface area contributed by atoms with Gasteiger partial charge in [0.15, 0.2) is 0 Å². The van der Waals surface area contributed by atoms with E-state index in [1.165, 1.54) is 0 Å². The molecule has 1 atom stereocenters. The first kappa shape index (κ1) is 15.8. The van der Waals surface area contributed by atoms with Crippen molar-refractivity contribution >= 4 is 16.9 Å². The summed E-state index contributed by atoms with van der Waals surface area (Å²) in [5, 5.41) is 3.26. The number of nitrogens with zero attached hydrogens (tertiary/aromatic N) is 2. The van der Waals surface area contributed by atoms with Gasteiger partial charge in [-0.2, -0.15) is 0 Å². The van der Waals surface area contributed by atoms with Gasteiger partial charge >= 0.3 is 0 Å². The van der Waals surface area contributed by atoms with Gasteiger partial charge < -0.3 is 19.9 Å². The molecule has 1 aliphatic rings. The fraction of sp³-hybridized carbons (Fsp3) is 0.529. The van der Waals surface area contributed by atoms with Gasteiger partial charge in [-0.15, -0.1) is 0 Å². The minimum atomic E-state index is 0.134. The number of aromatic nitrogens is 2. The number of hydrogen-bond donors (Lipinski definition) is 2. The summed E-state index contributed by atoms with van der Waals surface area (Å²) in [4.78, 5) is 22.3. The third kappa shape index (κ3) is 3.47. The van der Waals surface area contributed by atoms with Crippen LogP contribution in [0, 0.1) is 5.92 Å². The first-order valence-electron chi connectivity index (χ1n) is 8.23. The van der Waals surface area contributed by atoms with E-state index in [4.69, 9.17) is 4.74 Å². The van der Waals surface area contributed by atoms with Crippen LogP contribution < -0.4 is 10.1 Å². The molecule has 0 spiro atoms. The van der Waals surface area contributed by atoms with Crippen LogP contribution in [0.25, 0.3) is 11.0 Å². The second kappa shape index (κ2) is 7.00. The maximum atomic E-state index is 12.5. The Bertz CT molecular complexity index is 676. The van der Waals surface area contributed by atoms with E-state index in [0.29, 0.717) is 6.54 Å². The van der Waals surface area contributed by atoms with Gasteiger partial charge in [-0.05, 0) is 32.0 Å². The number of rotatable bonds is 6. The molecule has 1 amide bonds. The zero-order chi connectivity index (χ0) is 16.2. The fourth-order valence-electron chi connectivity index (χ4n) is 3.08. The Morgan fingerprint density at radius 3 is 3.04 bits per heavy atom. The highest BCUT2D eigenvalue weighted by Gasteiger charge is 2.26. The molecule has 0 saturated carbocycles. The van der Waals surface area contributed by atoms with Gasteiger partial charge in [0.25, 0.3) is 0 Å². The van der Waals surface area contributed by atoms with Gasteiger partial charge in [-0.1, -0.05) is 0 Å². The molecule has 2 heterocycles. The molecule has 1 unspecified atom stereocenters. The minimum absolute atomic E-state index is 0.134. The highest BCUT2D eigenvalue weighted by atomic mass is 16.5. The second-order valence-corrected chi connectivity index (χ2v) is 5.92. The number of fused-ring (bicyclic) bond motifs is 1. The average Bonchev–Trinajstić information content (AvgIpc) is 3.23. The Kier molecular flexibility index (Phi) is 4.81. The lowest BCUT2D eigenvalue weighted by atomic mass is 10.1. The topological polar surface area (TPSA) is 70.2 Å². The Hall–Kier alpha value is -2.08. The van der Waals surface area contributed by atoms with Crippen LogP contribution in [0.15, 0.2) is 18.2 Å². The number of aromatic amines is 1. The molecule has 1 aromatic carbocycles. The third-order valence-electron chi connectivity index (χ3n) is 4.46. The zero-order valence-corrected chi connectivity index (χ0v) is 13.8. The predicted octanol–water partition coefficient (Wildman–Crippen LogP) is 1.57. The maximum absolute atomic E-state index is 12.5. The Morgan fingerprint density at radius 2 is 2.35 bits per heavy atom. The lowest BCUT2D eigenvalue weighted by molar-refractivity contribution is -0.134. The van der Waals surface area contributed by atoms with Crippen molar-refractivity contribution in [1.29, 1.82) is 0 Å². The molecule has 2 N–H and O–H groups in total. The van der Waals surface area contributed by atoms with Crippen LogP contribution in [0.4, 0.5) is 0 Å². The van der Waals surface area contributed by atoms with Gasteiger partial charge in [0.05, 0.1) is 24.1 Å². The molecule has 1 aliphatic heterocycles. The van der Waals surface area contributed by atoms with Gasteiger partial charge in [0, 0.05) is 32.1 Å². The van der Waals surface area contributed by atoms with E-state index in [0.717, 1.165) is 55.1 Å². The first-order chi connectivity index (χ1) is 11.2. The normalized spacial score (nSPS) is 17.6. The summed E-state index contributed by atoms with van der Waals surface area (Å²) in [5.74, 6) is 2.11. The predicted molar refractivity (Wildman–Crippen MR) is 89.6 cm³/mol. The Balaban J connectivity index is 1.65. The fourth-order valence-corrected chi connectivity index (χ4v) is 3.08. The van der Waals surface area contributed by atoms with Gasteiger partial charge in [-0.3, -0.25) is 4.79 Å². The summed E-state index contributed by atoms with van der Waals surface area (Å²) >= 11 is 0. The van der Waals surface area contributed by atoms with Gasteiger partial charge in [-0.25, -0.2) is 4.98 Å². The lowest BCUT2D eigenvalue weighted by Gasteiger charge is -2.23. The van der Waals surface area contributed by atoms with Gasteiger partial charge in [0.1, 0.15) is 11.6 Å². The van der Waals surface area contributed by atoms with E-state index in [1.807, 2.05) is 30.0 Å². The summed E-state index contributed by atoms with van der Waals surface area (Å²) in [6.45, 7) is 5.22. The monoisotopic (exact) mass is 316 g/mol. The molecular formula is C17H24N4O2. The molecular weight excluding hydrogens is 292 g/mol.